The van der Waals surface area contributed by atoms with Gasteiger partial charge in [-0.15, -0.1) is 0 Å². The van der Waals surface area contributed by atoms with Crippen LogP contribution in [0.2, 0.25) is 0 Å². The van der Waals surface area contributed by atoms with E-state index in [4.69, 9.17) is 4.74 Å². The summed E-state index contributed by atoms with van der Waals surface area (Å²) in [4.78, 5) is 17.8. The Morgan fingerprint density at radius 1 is 1.27 bits per heavy atom. The molecule has 0 bridgehead atoms. The van der Waals surface area contributed by atoms with E-state index in [2.05, 4.69) is 25.4 Å². The first-order valence-electron chi connectivity index (χ1n) is 10.5. The van der Waals surface area contributed by atoms with Crippen molar-refractivity contribution in [2.75, 3.05) is 39.4 Å². The van der Waals surface area contributed by atoms with E-state index in [9.17, 15) is 4.79 Å². The van der Waals surface area contributed by atoms with Gasteiger partial charge in [-0.05, 0) is 18.9 Å². The van der Waals surface area contributed by atoms with E-state index in [1.54, 1.807) is 10.9 Å². The largest absolute Gasteiger partial charge is 0.379 e. The number of benzene rings is 1. The summed E-state index contributed by atoms with van der Waals surface area (Å²) in [5.41, 5.74) is 2.37. The molecule has 2 aromatic heterocycles. The molecule has 1 atom stereocenters. The van der Waals surface area contributed by atoms with Crippen molar-refractivity contribution in [2.24, 2.45) is 12.5 Å². The second-order valence-electron chi connectivity index (χ2n) is 8.54. The summed E-state index contributed by atoms with van der Waals surface area (Å²) in [6.07, 6.45) is 3.79. The van der Waals surface area contributed by atoms with E-state index >= 15 is 0 Å². The number of carbonyl (C=O) groups excluding carboxylic acids is 1. The van der Waals surface area contributed by atoms with Crippen LogP contribution in [0.1, 0.15) is 29.0 Å². The van der Waals surface area contributed by atoms with E-state index in [-0.39, 0.29) is 11.3 Å². The monoisotopic (exact) mass is 409 g/mol. The van der Waals surface area contributed by atoms with Gasteiger partial charge in [0.15, 0.2) is 5.69 Å². The summed E-state index contributed by atoms with van der Waals surface area (Å²) >= 11 is 0. The number of aromatic amines is 1. The maximum Gasteiger partial charge on any atom is 0.275 e. The molecule has 158 valence electrons. The molecule has 0 saturated carbocycles. The number of aryl methyl sites for hydroxylation is 1. The van der Waals surface area contributed by atoms with Crippen molar-refractivity contribution in [2.45, 2.75) is 19.4 Å². The summed E-state index contributed by atoms with van der Waals surface area (Å²) in [6.45, 7) is 5.29. The number of hydrogen-bond donors (Lipinski definition) is 1. The highest BCUT2D eigenvalue weighted by molar-refractivity contribution is 6.04. The molecule has 2 aliphatic rings. The molecule has 1 N–H and O–H groups in total. The minimum atomic E-state index is -0.0707. The van der Waals surface area contributed by atoms with Gasteiger partial charge < -0.3 is 9.64 Å². The molecule has 30 heavy (non-hydrogen) atoms. The lowest BCUT2D eigenvalue weighted by Gasteiger charge is -2.43. The zero-order valence-corrected chi connectivity index (χ0v) is 17.3. The number of ether oxygens (including phenoxy) is 1. The highest BCUT2D eigenvalue weighted by atomic mass is 16.5. The van der Waals surface area contributed by atoms with Crippen molar-refractivity contribution in [3.8, 4) is 0 Å². The summed E-state index contributed by atoms with van der Waals surface area (Å²) < 4.78 is 7.79. The molecular weight excluding hydrogens is 382 g/mol. The zero-order chi connectivity index (χ0) is 20.6. The molecule has 2 aliphatic heterocycles. The van der Waals surface area contributed by atoms with E-state index in [0.717, 1.165) is 55.6 Å². The van der Waals surface area contributed by atoms with Gasteiger partial charge in [0.05, 0.1) is 30.6 Å². The van der Waals surface area contributed by atoms with Gasteiger partial charge in [0.2, 0.25) is 0 Å². The van der Waals surface area contributed by atoms with Crippen LogP contribution in [0.25, 0.3) is 10.9 Å². The SMILES string of the molecule is Cn1nc(C(=O)N2CCC[C@@]3(COCCN(Cc4cn[nH]n4)C3)C2)c2ccccc21. The van der Waals surface area contributed by atoms with E-state index in [1.807, 2.05) is 36.2 Å². The lowest BCUT2D eigenvalue weighted by atomic mass is 9.80. The number of para-hydroxylation sites is 1. The maximum absolute atomic E-state index is 13.5. The summed E-state index contributed by atoms with van der Waals surface area (Å²) in [7, 11) is 1.89. The van der Waals surface area contributed by atoms with Crippen LogP contribution in [0.4, 0.5) is 0 Å². The second-order valence-corrected chi connectivity index (χ2v) is 8.54. The fourth-order valence-electron chi connectivity index (χ4n) is 4.90. The molecule has 1 spiro atoms. The normalized spacial score (nSPS) is 23.2. The zero-order valence-electron chi connectivity index (χ0n) is 17.3. The Morgan fingerprint density at radius 2 is 2.17 bits per heavy atom. The molecule has 0 aliphatic carbocycles. The third kappa shape index (κ3) is 3.59. The fraction of sp³-hybridized carbons (Fsp3) is 0.524. The third-order valence-electron chi connectivity index (χ3n) is 6.28. The summed E-state index contributed by atoms with van der Waals surface area (Å²) in [5.74, 6) is 0.0122. The van der Waals surface area contributed by atoms with E-state index in [0.29, 0.717) is 25.5 Å². The van der Waals surface area contributed by atoms with Gasteiger partial charge >= 0.3 is 0 Å². The van der Waals surface area contributed by atoms with Crippen molar-refractivity contribution in [3.63, 3.8) is 0 Å². The fourth-order valence-corrected chi connectivity index (χ4v) is 4.90. The second kappa shape index (κ2) is 7.81. The number of H-pyrrole nitrogens is 1. The molecule has 4 heterocycles. The van der Waals surface area contributed by atoms with Crippen LogP contribution in [0.5, 0.6) is 0 Å². The van der Waals surface area contributed by atoms with Crippen LogP contribution in [0.15, 0.2) is 30.5 Å². The van der Waals surface area contributed by atoms with Crippen molar-refractivity contribution in [1.82, 2.24) is 35.0 Å². The summed E-state index contributed by atoms with van der Waals surface area (Å²) in [6, 6.07) is 7.90. The van der Waals surface area contributed by atoms with Crippen LogP contribution in [0.3, 0.4) is 0 Å². The number of aromatic nitrogens is 5. The lowest BCUT2D eigenvalue weighted by Crippen LogP contribution is -2.52. The molecule has 1 amide bonds. The topological polar surface area (TPSA) is 92.2 Å². The molecule has 1 aromatic carbocycles. The number of carbonyl (C=O) groups is 1. The first-order chi connectivity index (χ1) is 14.6. The van der Waals surface area contributed by atoms with Gasteiger partial charge in [-0.1, -0.05) is 18.2 Å². The standard InChI is InChI=1S/C21H27N7O2/c1-26-18-6-3-2-5-17(18)19(24-26)20(29)28-8-4-7-21(14-28)13-27(9-10-30-15-21)12-16-11-22-25-23-16/h2-3,5-6,11H,4,7-10,12-15H2,1H3,(H,22,23,25)/t21-/m0/s1. The third-order valence-corrected chi connectivity index (χ3v) is 6.28. The quantitative estimate of drug-likeness (QED) is 0.704. The van der Waals surface area contributed by atoms with E-state index < -0.39 is 0 Å². The summed E-state index contributed by atoms with van der Waals surface area (Å²) in [5, 5.41) is 16.3. The van der Waals surface area contributed by atoms with Crippen molar-refractivity contribution in [3.05, 3.63) is 41.9 Å². The highest BCUT2D eigenvalue weighted by Crippen LogP contribution is 2.34. The molecule has 3 aromatic rings. The van der Waals surface area contributed by atoms with Gasteiger partial charge in [-0.2, -0.15) is 20.5 Å². The molecule has 5 rings (SSSR count). The Bertz CT molecular complexity index is 1030. The molecule has 0 radical (unpaired) electrons. The van der Waals surface area contributed by atoms with Crippen molar-refractivity contribution < 1.29 is 9.53 Å². The Balaban J connectivity index is 1.37. The molecule has 9 heteroatoms. The van der Waals surface area contributed by atoms with E-state index in [1.165, 1.54) is 0 Å². The number of nitrogens with zero attached hydrogens (tertiary/aromatic N) is 6. The number of piperidine rings is 1. The Labute approximate surface area is 175 Å². The first kappa shape index (κ1) is 19.2. The average Bonchev–Trinajstić information content (AvgIpc) is 3.34. The predicted octanol–water partition coefficient (Wildman–Crippen LogP) is 1.45. The molecule has 0 unspecified atom stereocenters. The molecule has 2 fully saturated rings. The number of amides is 1. The Hall–Kier alpha value is -2.78. The highest BCUT2D eigenvalue weighted by Gasteiger charge is 2.41. The molecular formula is C21H27N7O2. The number of likely N-dealkylation sites (tertiary alicyclic amines) is 1. The maximum atomic E-state index is 13.5. The number of hydrogen-bond acceptors (Lipinski definition) is 6. The van der Waals surface area contributed by atoms with Crippen LogP contribution in [0, 0.1) is 5.41 Å². The number of fused-ring (bicyclic) bond motifs is 1. The smallest absolute Gasteiger partial charge is 0.275 e. The van der Waals surface area contributed by atoms with Gasteiger partial charge in [0, 0.05) is 50.6 Å². The van der Waals surface area contributed by atoms with Gasteiger partial charge in [0.1, 0.15) is 0 Å². The average molecular weight is 409 g/mol. The van der Waals surface area contributed by atoms with Crippen LogP contribution >= 0.6 is 0 Å². The van der Waals surface area contributed by atoms with Crippen LogP contribution in [-0.4, -0.2) is 80.3 Å². The minimum absolute atomic E-state index is 0.0122. The van der Waals surface area contributed by atoms with Crippen LogP contribution < -0.4 is 0 Å². The molecule has 2 saturated heterocycles. The molecule has 9 nitrogen and oxygen atoms in total. The van der Waals surface area contributed by atoms with Gasteiger partial charge in [-0.25, -0.2) is 0 Å². The lowest BCUT2D eigenvalue weighted by molar-refractivity contribution is 0.00671. The number of nitrogens with one attached hydrogen (secondary N) is 1. The van der Waals surface area contributed by atoms with Gasteiger partial charge in [0.25, 0.3) is 5.91 Å². The minimum Gasteiger partial charge on any atom is -0.379 e. The number of rotatable bonds is 3. The van der Waals surface area contributed by atoms with Crippen molar-refractivity contribution >= 4 is 16.8 Å². The first-order valence-corrected chi connectivity index (χ1v) is 10.5. The Morgan fingerprint density at radius 3 is 3.03 bits per heavy atom. The predicted molar refractivity (Wildman–Crippen MR) is 111 cm³/mol. The van der Waals surface area contributed by atoms with Crippen LogP contribution in [-0.2, 0) is 18.3 Å². The Kier molecular flexibility index (Phi) is 5.00. The van der Waals surface area contributed by atoms with Crippen molar-refractivity contribution in [1.29, 1.82) is 0 Å². The van der Waals surface area contributed by atoms with Gasteiger partial charge in [-0.3, -0.25) is 14.4 Å².